The fraction of sp³-hybridized carbons (Fsp3) is 0.100. The third-order valence-corrected chi connectivity index (χ3v) is 5.08. The summed E-state index contributed by atoms with van der Waals surface area (Å²) in [4.78, 5) is 10.5. The van der Waals surface area contributed by atoms with Gasteiger partial charge in [-0.05, 0) is 42.6 Å². The van der Waals surface area contributed by atoms with Crippen molar-refractivity contribution in [2.24, 2.45) is 0 Å². The van der Waals surface area contributed by atoms with Gasteiger partial charge in [0.05, 0.1) is 11.6 Å². The Morgan fingerprint density at radius 1 is 1.00 bits per heavy atom. The Bertz CT molecular complexity index is 1030. The van der Waals surface area contributed by atoms with Gasteiger partial charge in [0.25, 0.3) is 0 Å². The Morgan fingerprint density at radius 2 is 1.88 bits per heavy atom. The van der Waals surface area contributed by atoms with Crippen molar-refractivity contribution >= 4 is 39.7 Å². The summed E-state index contributed by atoms with van der Waals surface area (Å²) in [5.74, 6) is 1.45. The molecule has 26 heavy (non-hydrogen) atoms. The molecule has 2 aromatic heterocycles. The number of phenols is 1. The van der Waals surface area contributed by atoms with Gasteiger partial charge >= 0.3 is 0 Å². The molecule has 6 heteroatoms. The van der Waals surface area contributed by atoms with Gasteiger partial charge in [-0.3, -0.25) is 0 Å². The zero-order valence-electron chi connectivity index (χ0n) is 14.2. The molecular weight excluding hydrogens is 344 g/mol. The highest BCUT2D eigenvalue weighted by molar-refractivity contribution is 7.10. The molecule has 4 rings (SSSR count). The number of para-hydroxylation sites is 1. The minimum absolute atomic E-state index is 0.141. The second kappa shape index (κ2) is 7.01. The summed E-state index contributed by atoms with van der Waals surface area (Å²) in [6.07, 6.45) is 0. The number of aromatic nitrogens is 2. The average Bonchev–Trinajstić information content (AvgIpc) is 3.16. The summed E-state index contributed by atoms with van der Waals surface area (Å²) in [5, 5.41) is 19.4. The number of fused-ring (bicyclic) bond motifs is 1. The molecule has 4 aromatic rings. The normalized spacial score (nSPS) is 12.0. The van der Waals surface area contributed by atoms with Crippen molar-refractivity contribution in [1.82, 2.24) is 9.97 Å². The summed E-state index contributed by atoms with van der Waals surface area (Å²) in [5.41, 5.74) is 1.59. The molecule has 2 heterocycles. The van der Waals surface area contributed by atoms with Crippen molar-refractivity contribution < 1.29 is 5.11 Å². The molecule has 3 N–H and O–H groups in total. The lowest BCUT2D eigenvalue weighted by Gasteiger charge is -2.16. The van der Waals surface area contributed by atoms with E-state index in [0.717, 1.165) is 22.4 Å². The molecule has 130 valence electrons. The number of benzene rings is 2. The van der Waals surface area contributed by atoms with Gasteiger partial charge in [0.2, 0.25) is 5.95 Å². The van der Waals surface area contributed by atoms with Crippen LogP contribution in [0.4, 0.5) is 17.5 Å². The highest BCUT2D eigenvalue weighted by atomic mass is 32.1. The lowest BCUT2D eigenvalue weighted by atomic mass is 10.2. The van der Waals surface area contributed by atoms with E-state index in [9.17, 15) is 5.11 Å². The first-order chi connectivity index (χ1) is 12.7. The Hall–Kier alpha value is -3.12. The van der Waals surface area contributed by atoms with Crippen LogP contribution in [0.2, 0.25) is 0 Å². The van der Waals surface area contributed by atoms with Crippen LogP contribution in [0, 0.1) is 0 Å². The van der Waals surface area contributed by atoms with E-state index in [4.69, 9.17) is 0 Å². The van der Waals surface area contributed by atoms with Crippen LogP contribution in [-0.2, 0) is 0 Å². The molecule has 1 atom stereocenters. The maximum atomic E-state index is 9.65. The van der Waals surface area contributed by atoms with Gasteiger partial charge in [-0.2, -0.15) is 4.98 Å². The fourth-order valence-electron chi connectivity index (χ4n) is 2.77. The highest BCUT2D eigenvalue weighted by Gasteiger charge is 2.12. The van der Waals surface area contributed by atoms with Gasteiger partial charge in [0, 0.05) is 22.0 Å². The number of hydrogen-bond donors (Lipinski definition) is 3. The summed E-state index contributed by atoms with van der Waals surface area (Å²) in [6, 6.07) is 19.1. The topological polar surface area (TPSA) is 70.1 Å². The number of thiophene rings is 1. The van der Waals surface area contributed by atoms with Crippen LogP contribution >= 0.6 is 11.3 Å². The molecule has 2 aromatic carbocycles. The number of anilines is 3. The van der Waals surface area contributed by atoms with E-state index in [1.165, 1.54) is 4.88 Å². The van der Waals surface area contributed by atoms with Gasteiger partial charge in [0.1, 0.15) is 11.6 Å². The van der Waals surface area contributed by atoms with E-state index < -0.39 is 0 Å². The maximum Gasteiger partial charge on any atom is 0.229 e. The van der Waals surface area contributed by atoms with Gasteiger partial charge < -0.3 is 15.7 Å². The molecule has 0 aliphatic carbocycles. The van der Waals surface area contributed by atoms with Crippen LogP contribution in [0.25, 0.3) is 10.9 Å². The van der Waals surface area contributed by atoms with Crippen LogP contribution in [0.1, 0.15) is 17.8 Å². The number of nitrogens with one attached hydrogen (secondary N) is 2. The van der Waals surface area contributed by atoms with E-state index in [2.05, 4.69) is 39.0 Å². The van der Waals surface area contributed by atoms with E-state index >= 15 is 0 Å². The van der Waals surface area contributed by atoms with Gasteiger partial charge in [-0.1, -0.05) is 24.3 Å². The SMILES string of the molecule is C[C@@H](Nc1nc(Nc2cccc(O)c2)nc2ccccc12)c1cccs1. The lowest BCUT2D eigenvalue weighted by Crippen LogP contribution is -2.09. The molecule has 0 radical (unpaired) electrons. The van der Waals surface area contributed by atoms with Crippen molar-refractivity contribution in [3.8, 4) is 5.75 Å². The van der Waals surface area contributed by atoms with Crippen LogP contribution in [0.3, 0.4) is 0 Å². The Balaban J connectivity index is 1.71. The van der Waals surface area contributed by atoms with Crippen molar-refractivity contribution in [2.45, 2.75) is 13.0 Å². The standard InChI is InChI=1S/C20H18N4OS/c1-13(18-10-5-11-26-18)21-19-16-8-2-3-9-17(16)23-20(24-19)22-14-6-4-7-15(25)12-14/h2-13,25H,1H3,(H2,21,22,23,24)/t13-/m1/s1. The van der Waals surface area contributed by atoms with Crippen molar-refractivity contribution in [1.29, 1.82) is 0 Å². The Morgan fingerprint density at radius 3 is 2.69 bits per heavy atom. The summed E-state index contributed by atoms with van der Waals surface area (Å²) in [7, 11) is 0. The number of aromatic hydroxyl groups is 1. The first-order valence-corrected chi connectivity index (χ1v) is 9.20. The molecular formula is C20H18N4OS. The molecule has 0 bridgehead atoms. The summed E-state index contributed by atoms with van der Waals surface area (Å²) in [6.45, 7) is 2.12. The predicted octanol–water partition coefficient (Wildman–Crippen LogP) is 5.31. The molecule has 0 aliphatic rings. The van der Waals surface area contributed by atoms with Crippen molar-refractivity contribution in [3.05, 3.63) is 70.9 Å². The minimum atomic E-state index is 0.141. The second-order valence-electron chi connectivity index (χ2n) is 5.97. The van der Waals surface area contributed by atoms with Crippen LogP contribution < -0.4 is 10.6 Å². The molecule has 0 amide bonds. The Kier molecular flexibility index (Phi) is 4.41. The summed E-state index contributed by atoms with van der Waals surface area (Å²) < 4.78 is 0. The van der Waals surface area contributed by atoms with Crippen molar-refractivity contribution in [3.63, 3.8) is 0 Å². The van der Waals surface area contributed by atoms with Gasteiger partial charge in [0.15, 0.2) is 0 Å². The molecule has 0 unspecified atom stereocenters. The third kappa shape index (κ3) is 3.45. The molecule has 5 nitrogen and oxygen atoms in total. The van der Waals surface area contributed by atoms with Crippen LogP contribution in [0.5, 0.6) is 5.75 Å². The largest absolute Gasteiger partial charge is 0.508 e. The van der Waals surface area contributed by atoms with Crippen molar-refractivity contribution in [2.75, 3.05) is 10.6 Å². The predicted molar refractivity (Wildman–Crippen MR) is 107 cm³/mol. The lowest BCUT2D eigenvalue weighted by molar-refractivity contribution is 0.475. The summed E-state index contributed by atoms with van der Waals surface area (Å²) >= 11 is 1.71. The quantitative estimate of drug-likeness (QED) is 0.449. The zero-order chi connectivity index (χ0) is 17.9. The Labute approximate surface area is 155 Å². The maximum absolute atomic E-state index is 9.65. The van der Waals surface area contributed by atoms with E-state index in [0.29, 0.717) is 5.95 Å². The van der Waals surface area contributed by atoms with E-state index in [-0.39, 0.29) is 11.8 Å². The van der Waals surface area contributed by atoms with Gasteiger partial charge in [-0.25, -0.2) is 4.98 Å². The fourth-order valence-corrected chi connectivity index (χ4v) is 3.50. The first kappa shape index (κ1) is 16.4. The van der Waals surface area contributed by atoms with E-state index in [1.54, 1.807) is 29.5 Å². The monoisotopic (exact) mass is 362 g/mol. The minimum Gasteiger partial charge on any atom is -0.508 e. The number of rotatable bonds is 5. The van der Waals surface area contributed by atoms with Gasteiger partial charge in [-0.15, -0.1) is 11.3 Å². The molecule has 0 saturated carbocycles. The third-order valence-electron chi connectivity index (χ3n) is 4.03. The highest BCUT2D eigenvalue weighted by Crippen LogP contribution is 2.28. The van der Waals surface area contributed by atoms with Crippen LogP contribution in [-0.4, -0.2) is 15.1 Å². The average molecular weight is 362 g/mol. The van der Waals surface area contributed by atoms with Crippen LogP contribution in [0.15, 0.2) is 66.0 Å². The number of phenolic OH excluding ortho intramolecular Hbond substituents is 1. The smallest absolute Gasteiger partial charge is 0.229 e. The second-order valence-corrected chi connectivity index (χ2v) is 6.95. The first-order valence-electron chi connectivity index (χ1n) is 8.32. The van der Waals surface area contributed by atoms with E-state index in [1.807, 2.05) is 36.4 Å². The molecule has 0 fully saturated rings. The molecule has 0 saturated heterocycles. The molecule has 0 aliphatic heterocycles. The molecule has 0 spiro atoms. The number of hydrogen-bond acceptors (Lipinski definition) is 6. The number of nitrogens with zero attached hydrogens (tertiary/aromatic N) is 2. The zero-order valence-corrected chi connectivity index (χ0v) is 15.0.